The molecule has 2 rings (SSSR count). The smallest absolute Gasteiger partial charge is 0.364 e. The Labute approximate surface area is 69.9 Å². The van der Waals surface area contributed by atoms with Crippen LogP contribution in [0, 0.1) is 0 Å². The molecule has 0 radical (unpaired) electrons. The Morgan fingerprint density at radius 3 is 3.00 bits per heavy atom. The van der Waals surface area contributed by atoms with Crippen LogP contribution in [0.5, 0.6) is 0 Å². The highest BCUT2D eigenvalue weighted by Gasteiger charge is 2.08. The zero-order valence-electron chi connectivity index (χ0n) is 7.24. The third kappa shape index (κ3) is 0.852. The molecule has 0 fully saturated rings. The summed E-state index contributed by atoms with van der Waals surface area (Å²) in [7, 11) is 0. The van der Waals surface area contributed by atoms with Gasteiger partial charge >= 0.3 is 1.43 Å². The second-order valence-electron chi connectivity index (χ2n) is 2.48. The maximum absolute atomic E-state index is 10.8. The van der Waals surface area contributed by atoms with Crippen LogP contribution in [0.15, 0.2) is 24.3 Å². The van der Waals surface area contributed by atoms with Gasteiger partial charge in [-0.15, -0.1) is 0 Å². The molecule has 0 unspecified atom stereocenters. The van der Waals surface area contributed by atoms with Crippen LogP contribution in [0.4, 0.5) is 0 Å². The predicted molar refractivity (Wildman–Crippen MR) is 45.7 cm³/mol. The van der Waals surface area contributed by atoms with Gasteiger partial charge in [0.05, 0.1) is 5.52 Å². The summed E-state index contributed by atoms with van der Waals surface area (Å²) in [6.07, 6.45) is 0. The number of carbonyl (C=O) groups excluding carboxylic acids is 1. The van der Waals surface area contributed by atoms with E-state index in [0.717, 1.165) is 10.9 Å². The molecule has 0 aliphatic heterocycles. The maximum Gasteiger partial charge on any atom is 1.00 e. The lowest BCUT2D eigenvalue weighted by atomic mass is 10.2. The summed E-state index contributed by atoms with van der Waals surface area (Å²) in [6.45, 7) is 0. The van der Waals surface area contributed by atoms with Crippen molar-refractivity contribution in [2.45, 2.75) is 0 Å². The zero-order valence-corrected chi connectivity index (χ0v) is 6.24. The maximum atomic E-state index is 10.8. The molecule has 1 amide bonds. The Kier molecular flexibility index (Phi) is 1.33. The third-order valence-electron chi connectivity index (χ3n) is 1.70. The number of nitrogens with zero attached hydrogens (tertiary/aromatic N) is 1. The zero-order chi connectivity index (χ0) is 8.55. The first kappa shape index (κ1) is 6.84. The van der Waals surface area contributed by atoms with Crippen LogP contribution in [0.3, 0.4) is 0 Å². The standard InChI is InChI=1S/C8H7N3O/c9-8(12)7-5-3-1-2-4-6(5)10-11-7/h1-4H,(H2,9,12)(H,10,11)/p+1. The van der Waals surface area contributed by atoms with E-state index in [2.05, 4.69) is 10.2 Å². The summed E-state index contributed by atoms with van der Waals surface area (Å²) in [5.74, 6) is -0.507. The first-order valence-corrected chi connectivity index (χ1v) is 3.52. The highest BCUT2D eigenvalue weighted by atomic mass is 16.1. The van der Waals surface area contributed by atoms with Gasteiger partial charge in [-0.25, -0.2) is 0 Å². The average molecular weight is 162 g/mol. The molecule has 0 bridgehead atoms. The molecule has 2 aromatic rings. The van der Waals surface area contributed by atoms with E-state index in [4.69, 9.17) is 5.73 Å². The highest BCUT2D eigenvalue weighted by molar-refractivity contribution is 6.03. The lowest BCUT2D eigenvalue weighted by Gasteiger charge is -1.88. The van der Waals surface area contributed by atoms with Crippen molar-refractivity contribution in [3.8, 4) is 0 Å². The minimum Gasteiger partial charge on any atom is -0.364 e. The van der Waals surface area contributed by atoms with E-state index in [9.17, 15) is 4.79 Å². The number of nitrogens with two attached hydrogens (primary N) is 1. The summed E-state index contributed by atoms with van der Waals surface area (Å²) in [4.78, 5) is 10.8. The topological polar surface area (TPSA) is 71.8 Å². The quantitative estimate of drug-likeness (QED) is 0.650. The van der Waals surface area contributed by atoms with Gasteiger partial charge in [0.15, 0.2) is 5.69 Å². The lowest BCUT2D eigenvalue weighted by molar-refractivity contribution is 0.0997. The molecule has 1 heterocycles. The summed E-state index contributed by atoms with van der Waals surface area (Å²) in [5.41, 5.74) is 6.22. The van der Waals surface area contributed by atoms with Gasteiger partial charge in [0.1, 0.15) is 0 Å². The minimum absolute atomic E-state index is 0. The fourth-order valence-electron chi connectivity index (χ4n) is 1.15. The first-order chi connectivity index (χ1) is 5.79. The number of rotatable bonds is 1. The fraction of sp³-hybridized carbons (Fsp3) is 0. The molecule has 3 N–H and O–H groups in total. The van der Waals surface area contributed by atoms with Crippen molar-refractivity contribution in [2.24, 2.45) is 5.73 Å². The van der Waals surface area contributed by atoms with E-state index in [1.807, 2.05) is 18.2 Å². The molecule has 60 valence electrons. The van der Waals surface area contributed by atoms with Gasteiger partial charge < -0.3 is 5.73 Å². The van der Waals surface area contributed by atoms with Gasteiger partial charge in [0.25, 0.3) is 5.91 Å². The summed E-state index contributed by atoms with van der Waals surface area (Å²) >= 11 is 0. The number of benzene rings is 1. The molecule has 12 heavy (non-hydrogen) atoms. The number of carbonyl (C=O) groups is 1. The Morgan fingerprint density at radius 1 is 1.50 bits per heavy atom. The third-order valence-corrected chi connectivity index (χ3v) is 1.70. The number of para-hydroxylation sites is 1. The largest absolute Gasteiger partial charge is 1.00 e. The van der Waals surface area contributed by atoms with Crippen molar-refractivity contribution >= 4 is 16.8 Å². The van der Waals surface area contributed by atoms with Crippen LogP contribution in [0.25, 0.3) is 10.9 Å². The van der Waals surface area contributed by atoms with E-state index >= 15 is 0 Å². The fourth-order valence-corrected chi connectivity index (χ4v) is 1.15. The predicted octanol–water partition coefficient (Wildman–Crippen LogP) is 0.774. The van der Waals surface area contributed by atoms with Gasteiger partial charge in [-0.05, 0) is 6.07 Å². The van der Waals surface area contributed by atoms with Crippen LogP contribution in [0.1, 0.15) is 11.9 Å². The van der Waals surface area contributed by atoms with Gasteiger partial charge in [-0.2, -0.15) is 5.10 Å². The minimum atomic E-state index is -0.507. The van der Waals surface area contributed by atoms with Crippen LogP contribution >= 0.6 is 0 Å². The first-order valence-electron chi connectivity index (χ1n) is 3.52. The Bertz CT molecular complexity index is 438. The van der Waals surface area contributed by atoms with Gasteiger partial charge in [0.2, 0.25) is 0 Å². The Balaban J connectivity index is 0.000000845. The molecule has 4 nitrogen and oxygen atoms in total. The second-order valence-corrected chi connectivity index (χ2v) is 2.48. The number of primary amides is 1. The van der Waals surface area contributed by atoms with E-state index in [1.54, 1.807) is 6.07 Å². The highest BCUT2D eigenvalue weighted by Crippen LogP contribution is 2.13. The number of hydrogen-bond donors (Lipinski definition) is 2. The van der Waals surface area contributed by atoms with E-state index in [0.29, 0.717) is 5.69 Å². The van der Waals surface area contributed by atoms with Crippen molar-refractivity contribution in [2.75, 3.05) is 0 Å². The van der Waals surface area contributed by atoms with Gasteiger partial charge in [-0.3, -0.25) is 9.89 Å². The van der Waals surface area contributed by atoms with Crippen LogP contribution in [0.2, 0.25) is 0 Å². The monoisotopic (exact) mass is 162 g/mol. The Hall–Kier alpha value is -1.84. The van der Waals surface area contributed by atoms with Crippen molar-refractivity contribution < 1.29 is 6.22 Å². The molecule has 0 atom stereocenters. The average Bonchev–Trinajstić information content (AvgIpc) is 2.47. The van der Waals surface area contributed by atoms with E-state index in [-0.39, 0.29) is 1.43 Å². The molecule has 0 aliphatic rings. The van der Waals surface area contributed by atoms with Crippen molar-refractivity contribution in [3.63, 3.8) is 0 Å². The van der Waals surface area contributed by atoms with Crippen LogP contribution in [-0.2, 0) is 0 Å². The second kappa shape index (κ2) is 2.34. The van der Waals surface area contributed by atoms with Crippen molar-refractivity contribution in [1.29, 1.82) is 0 Å². The Morgan fingerprint density at radius 2 is 2.25 bits per heavy atom. The number of fused-ring (bicyclic) bond motifs is 1. The van der Waals surface area contributed by atoms with Crippen molar-refractivity contribution in [3.05, 3.63) is 30.0 Å². The number of H-pyrrole nitrogens is 1. The summed E-state index contributed by atoms with van der Waals surface area (Å²) in [6, 6.07) is 7.35. The normalized spacial score (nSPS) is 10.3. The summed E-state index contributed by atoms with van der Waals surface area (Å²) in [5, 5.41) is 7.28. The molecule has 4 heteroatoms. The van der Waals surface area contributed by atoms with E-state index in [1.165, 1.54) is 0 Å². The van der Waals surface area contributed by atoms with Gasteiger partial charge in [0, 0.05) is 5.39 Å². The molecule has 0 spiro atoms. The molecule has 0 saturated heterocycles. The molecular formula is C8H8N3O+. The molecular weight excluding hydrogens is 154 g/mol. The van der Waals surface area contributed by atoms with Gasteiger partial charge in [-0.1, -0.05) is 18.2 Å². The number of hydrogen-bond acceptors (Lipinski definition) is 2. The molecule has 1 aromatic carbocycles. The SMILES string of the molecule is NC(=O)c1n[nH]c2ccccc12.[H+]. The van der Waals surface area contributed by atoms with Crippen LogP contribution in [-0.4, -0.2) is 16.1 Å². The van der Waals surface area contributed by atoms with Crippen LogP contribution < -0.4 is 5.73 Å². The number of aromatic amines is 1. The number of aromatic nitrogens is 2. The number of nitrogens with one attached hydrogen (secondary N) is 1. The van der Waals surface area contributed by atoms with E-state index < -0.39 is 5.91 Å². The van der Waals surface area contributed by atoms with Crippen molar-refractivity contribution in [1.82, 2.24) is 10.2 Å². The molecule has 1 aromatic heterocycles. The lowest BCUT2D eigenvalue weighted by Crippen LogP contribution is -2.11. The summed E-state index contributed by atoms with van der Waals surface area (Å²) < 4.78 is 0. The number of amides is 1. The molecule has 0 saturated carbocycles. The molecule has 0 aliphatic carbocycles.